The van der Waals surface area contributed by atoms with Crippen molar-refractivity contribution in [3.8, 4) is 0 Å². The van der Waals surface area contributed by atoms with Crippen LogP contribution in [0.3, 0.4) is 0 Å². The lowest BCUT2D eigenvalue weighted by Crippen LogP contribution is -2.58. The molecule has 2 aromatic rings. The first-order chi connectivity index (χ1) is 17.4. The number of aromatic amines is 1. The van der Waals surface area contributed by atoms with Gasteiger partial charge < -0.3 is 36.9 Å². The van der Waals surface area contributed by atoms with Crippen molar-refractivity contribution in [1.29, 1.82) is 0 Å². The third kappa shape index (κ3) is 8.31. The number of fused-ring (bicyclic) bond motifs is 1. The minimum atomic E-state index is -1.31. The van der Waals surface area contributed by atoms with Gasteiger partial charge in [-0.15, -0.1) is 0 Å². The van der Waals surface area contributed by atoms with Crippen molar-refractivity contribution in [3.63, 3.8) is 0 Å². The molecule has 5 atom stereocenters. The van der Waals surface area contributed by atoms with Gasteiger partial charge in [-0.1, -0.05) is 38.5 Å². The van der Waals surface area contributed by atoms with Gasteiger partial charge in [0.15, 0.2) is 0 Å². The fraction of sp³-hybridized carbons (Fsp3) is 0.480. The average molecular weight is 518 g/mol. The molecule has 8 N–H and O–H groups in total. The van der Waals surface area contributed by atoms with Gasteiger partial charge in [0.25, 0.3) is 0 Å². The Kier molecular flexibility index (Phi) is 10.6. The first-order valence-electron chi connectivity index (χ1n) is 12.1. The lowest BCUT2D eigenvalue weighted by molar-refractivity contribution is -0.142. The normalized spacial score (nSPS) is 15.1. The number of carbonyl (C=O) groups excluding carboxylic acids is 3. The molecule has 3 amide bonds. The number of rotatable bonds is 14. The van der Waals surface area contributed by atoms with Gasteiger partial charge in [0.1, 0.15) is 18.1 Å². The third-order valence-corrected chi connectivity index (χ3v) is 6.25. The van der Waals surface area contributed by atoms with Crippen LogP contribution in [0.4, 0.5) is 0 Å². The molecular formula is C25H35N5O7. The van der Waals surface area contributed by atoms with Gasteiger partial charge in [-0.3, -0.25) is 24.0 Å². The molecule has 12 nitrogen and oxygen atoms in total. The molecule has 5 unspecified atom stereocenters. The summed E-state index contributed by atoms with van der Waals surface area (Å²) < 4.78 is 0. The van der Waals surface area contributed by atoms with Crippen LogP contribution < -0.4 is 21.7 Å². The summed E-state index contributed by atoms with van der Waals surface area (Å²) in [5.41, 5.74) is 7.92. The van der Waals surface area contributed by atoms with E-state index < -0.39 is 60.2 Å². The molecule has 0 saturated carbocycles. The Hall–Kier alpha value is -3.93. The fourth-order valence-corrected chi connectivity index (χ4v) is 3.77. The maximum Gasteiger partial charge on any atom is 0.325 e. The molecule has 1 aromatic heterocycles. The second-order valence-corrected chi connectivity index (χ2v) is 9.10. The lowest BCUT2D eigenvalue weighted by Gasteiger charge is -2.27. The molecule has 1 heterocycles. The third-order valence-electron chi connectivity index (χ3n) is 6.25. The molecule has 0 aliphatic carbocycles. The van der Waals surface area contributed by atoms with Crippen LogP contribution in [0.5, 0.6) is 0 Å². The van der Waals surface area contributed by atoms with E-state index in [1.807, 2.05) is 31.2 Å². The zero-order valence-corrected chi connectivity index (χ0v) is 21.1. The summed E-state index contributed by atoms with van der Waals surface area (Å²) in [6, 6.07) is 3.01. The van der Waals surface area contributed by atoms with E-state index in [0.717, 1.165) is 16.5 Å². The van der Waals surface area contributed by atoms with Crippen LogP contribution in [-0.2, 0) is 30.4 Å². The van der Waals surface area contributed by atoms with E-state index >= 15 is 0 Å². The van der Waals surface area contributed by atoms with E-state index in [0.29, 0.717) is 6.42 Å². The van der Waals surface area contributed by atoms with E-state index in [2.05, 4.69) is 20.9 Å². The number of aromatic nitrogens is 1. The molecule has 202 valence electrons. The monoisotopic (exact) mass is 517 g/mol. The number of H-pyrrole nitrogens is 1. The SMILES string of the molecule is CCC(C)C(NC(=O)C(N)Cc1c[nH]c2ccccc12)C(=O)NC(CCC(=O)O)C(=O)NC(C)C(=O)O. The number of hydrogen-bond acceptors (Lipinski definition) is 6. The highest BCUT2D eigenvalue weighted by Gasteiger charge is 2.32. The zero-order chi connectivity index (χ0) is 27.7. The van der Waals surface area contributed by atoms with E-state index in [1.54, 1.807) is 13.1 Å². The van der Waals surface area contributed by atoms with Crippen molar-refractivity contribution in [1.82, 2.24) is 20.9 Å². The van der Waals surface area contributed by atoms with Crippen molar-refractivity contribution < 1.29 is 34.2 Å². The highest BCUT2D eigenvalue weighted by atomic mass is 16.4. The van der Waals surface area contributed by atoms with Crippen LogP contribution in [0.15, 0.2) is 30.5 Å². The Balaban J connectivity index is 2.13. The predicted molar refractivity (Wildman–Crippen MR) is 135 cm³/mol. The van der Waals surface area contributed by atoms with Crippen molar-refractivity contribution in [2.24, 2.45) is 11.7 Å². The minimum Gasteiger partial charge on any atom is -0.481 e. The van der Waals surface area contributed by atoms with Crippen LogP contribution in [0.25, 0.3) is 10.9 Å². The van der Waals surface area contributed by atoms with Gasteiger partial charge in [0, 0.05) is 23.5 Å². The van der Waals surface area contributed by atoms with Gasteiger partial charge in [-0.25, -0.2) is 0 Å². The number of carboxylic acids is 2. The average Bonchev–Trinajstić information content (AvgIpc) is 3.26. The number of para-hydroxylation sites is 1. The molecule has 12 heteroatoms. The number of nitrogens with one attached hydrogen (secondary N) is 4. The van der Waals surface area contributed by atoms with Crippen LogP contribution in [0.2, 0.25) is 0 Å². The second-order valence-electron chi connectivity index (χ2n) is 9.10. The molecule has 0 radical (unpaired) electrons. The highest BCUT2D eigenvalue weighted by molar-refractivity contribution is 5.94. The molecule has 0 aliphatic rings. The standard InChI is InChI=1S/C25H35N5O7/c1-4-13(2)21(24(35)29-19(9-10-20(31)32)23(34)28-14(3)25(36)37)30-22(33)17(26)11-15-12-27-18-8-6-5-7-16(15)18/h5-8,12-14,17,19,21,27H,4,9-11,26H2,1-3H3,(H,28,34)(H,29,35)(H,30,33)(H,31,32)(H,36,37). The summed E-state index contributed by atoms with van der Waals surface area (Å²) in [6.07, 6.45) is 1.82. The molecule has 0 bridgehead atoms. The van der Waals surface area contributed by atoms with Crippen molar-refractivity contribution in [2.45, 2.75) is 70.6 Å². The van der Waals surface area contributed by atoms with Crippen molar-refractivity contribution in [2.75, 3.05) is 0 Å². The number of hydrogen-bond donors (Lipinski definition) is 7. The molecule has 37 heavy (non-hydrogen) atoms. The predicted octanol–water partition coefficient (Wildman–Crippen LogP) is 0.508. The van der Waals surface area contributed by atoms with E-state index in [9.17, 15) is 24.0 Å². The maximum atomic E-state index is 13.2. The number of aliphatic carboxylic acids is 2. The lowest BCUT2D eigenvalue weighted by atomic mass is 9.96. The minimum absolute atomic E-state index is 0.224. The Morgan fingerprint density at radius 2 is 1.65 bits per heavy atom. The Bertz CT molecular complexity index is 1130. The number of benzene rings is 1. The fourth-order valence-electron chi connectivity index (χ4n) is 3.77. The van der Waals surface area contributed by atoms with E-state index in [1.165, 1.54) is 6.92 Å². The summed E-state index contributed by atoms with van der Waals surface area (Å²) in [6.45, 7) is 4.81. The summed E-state index contributed by atoms with van der Waals surface area (Å²) in [4.78, 5) is 64.0. The second kappa shape index (κ2) is 13.4. The largest absolute Gasteiger partial charge is 0.481 e. The van der Waals surface area contributed by atoms with E-state index in [-0.39, 0.29) is 18.8 Å². The molecule has 2 rings (SSSR count). The van der Waals surface area contributed by atoms with Crippen molar-refractivity contribution >= 4 is 40.6 Å². The molecule has 0 saturated heterocycles. The summed E-state index contributed by atoms with van der Waals surface area (Å²) in [5, 5.41) is 26.4. The number of amides is 3. The maximum absolute atomic E-state index is 13.2. The van der Waals surface area contributed by atoms with Crippen LogP contribution in [0, 0.1) is 5.92 Å². The summed E-state index contributed by atoms with van der Waals surface area (Å²) >= 11 is 0. The Morgan fingerprint density at radius 3 is 2.27 bits per heavy atom. The Morgan fingerprint density at radius 1 is 0.973 bits per heavy atom. The summed E-state index contributed by atoms with van der Waals surface area (Å²) in [7, 11) is 0. The molecule has 0 aliphatic heterocycles. The van der Waals surface area contributed by atoms with E-state index in [4.69, 9.17) is 15.9 Å². The van der Waals surface area contributed by atoms with Gasteiger partial charge in [0.2, 0.25) is 17.7 Å². The van der Waals surface area contributed by atoms with Crippen LogP contribution in [-0.4, -0.2) is 69.0 Å². The van der Waals surface area contributed by atoms with Gasteiger partial charge in [0.05, 0.1) is 6.04 Å². The molecule has 1 aromatic carbocycles. The number of carbonyl (C=O) groups is 5. The molecular weight excluding hydrogens is 482 g/mol. The number of carboxylic acid groups (broad SMARTS) is 2. The van der Waals surface area contributed by atoms with Crippen molar-refractivity contribution in [3.05, 3.63) is 36.0 Å². The first-order valence-corrected chi connectivity index (χ1v) is 12.1. The first kappa shape index (κ1) is 29.3. The zero-order valence-electron chi connectivity index (χ0n) is 21.1. The van der Waals surface area contributed by atoms with Crippen LogP contribution in [0.1, 0.15) is 45.6 Å². The number of nitrogens with two attached hydrogens (primary N) is 1. The highest BCUT2D eigenvalue weighted by Crippen LogP contribution is 2.19. The smallest absolute Gasteiger partial charge is 0.325 e. The molecule has 0 fully saturated rings. The topological polar surface area (TPSA) is 204 Å². The van der Waals surface area contributed by atoms with Gasteiger partial charge >= 0.3 is 11.9 Å². The summed E-state index contributed by atoms with van der Waals surface area (Å²) in [5.74, 6) is -4.91. The Labute approximate surface area is 214 Å². The van der Waals surface area contributed by atoms with Crippen LogP contribution >= 0.6 is 0 Å². The quantitative estimate of drug-likeness (QED) is 0.188. The van der Waals surface area contributed by atoms with Gasteiger partial charge in [-0.2, -0.15) is 0 Å². The van der Waals surface area contributed by atoms with Gasteiger partial charge in [-0.05, 0) is 37.3 Å². The molecule has 0 spiro atoms.